The van der Waals surface area contributed by atoms with Gasteiger partial charge in [-0.05, 0) is 24.1 Å². The van der Waals surface area contributed by atoms with Gasteiger partial charge in [-0.1, -0.05) is 18.2 Å². The Bertz CT molecular complexity index is 841. The summed E-state index contributed by atoms with van der Waals surface area (Å²) in [7, 11) is 1.68. The molecule has 2 aliphatic rings. The number of benzene rings is 1. The molecule has 3 heterocycles. The SMILES string of the molecule is COc1ccccc1CCNc1cncc(C(=O)N2CCC3(CC2)OCCO3)c1. The molecule has 0 radical (unpaired) electrons. The third-order valence-corrected chi connectivity index (χ3v) is 5.53. The summed E-state index contributed by atoms with van der Waals surface area (Å²) in [6.45, 7) is 3.26. The molecule has 2 aliphatic heterocycles. The quantitative estimate of drug-likeness (QED) is 0.808. The highest BCUT2D eigenvalue weighted by Crippen LogP contribution is 2.31. The predicted octanol–water partition coefficient (Wildman–Crippen LogP) is 2.72. The molecular weight excluding hydrogens is 370 g/mol. The monoisotopic (exact) mass is 397 g/mol. The van der Waals surface area contributed by atoms with Crippen LogP contribution in [0.3, 0.4) is 0 Å². The van der Waals surface area contributed by atoms with Crippen LogP contribution in [0.15, 0.2) is 42.7 Å². The highest BCUT2D eigenvalue weighted by molar-refractivity contribution is 5.94. The van der Waals surface area contributed by atoms with Crippen LogP contribution in [-0.4, -0.2) is 61.5 Å². The van der Waals surface area contributed by atoms with Gasteiger partial charge in [0.1, 0.15) is 5.75 Å². The molecule has 2 fully saturated rings. The number of likely N-dealkylation sites (tertiary alicyclic amines) is 1. The molecule has 7 nitrogen and oxygen atoms in total. The van der Waals surface area contributed by atoms with Crippen molar-refractivity contribution < 1.29 is 19.0 Å². The molecule has 2 saturated heterocycles. The summed E-state index contributed by atoms with van der Waals surface area (Å²) >= 11 is 0. The molecule has 0 unspecified atom stereocenters. The molecule has 7 heteroatoms. The maximum absolute atomic E-state index is 12.9. The molecule has 29 heavy (non-hydrogen) atoms. The summed E-state index contributed by atoms with van der Waals surface area (Å²) in [5.74, 6) is 0.407. The van der Waals surface area contributed by atoms with Crippen LogP contribution in [0.4, 0.5) is 5.69 Å². The van der Waals surface area contributed by atoms with Gasteiger partial charge in [0.2, 0.25) is 0 Å². The van der Waals surface area contributed by atoms with E-state index in [0.29, 0.717) is 44.7 Å². The van der Waals surface area contributed by atoms with Gasteiger partial charge < -0.3 is 24.4 Å². The summed E-state index contributed by atoms with van der Waals surface area (Å²) in [5.41, 5.74) is 2.57. The van der Waals surface area contributed by atoms with E-state index in [0.717, 1.165) is 30.0 Å². The Morgan fingerprint density at radius 1 is 1.21 bits per heavy atom. The van der Waals surface area contributed by atoms with Gasteiger partial charge in [-0.15, -0.1) is 0 Å². The highest BCUT2D eigenvalue weighted by atomic mass is 16.7. The largest absolute Gasteiger partial charge is 0.496 e. The lowest BCUT2D eigenvalue weighted by Crippen LogP contribution is -2.47. The van der Waals surface area contributed by atoms with Crippen LogP contribution >= 0.6 is 0 Å². The van der Waals surface area contributed by atoms with Crippen molar-refractivity contribution in [2.45, 2.75) is 25.0 Å². The van der Waals surface area contributed by atoms with Crippen molar-refractivity contribution in [2.75, 3.05) is 45.3 Å². The number of amides is 1. The first kappa shape index (κ1) is 19.7. The molecule has 0 bridgehead atoms. The Balaban J connectivity index is 1.33. The van der Waals surface area contributed by atoms with Crippen molar-refractivity contribution >= 4 is 11.6 Å². The van der Waals surface area contributed by atoms with Crippen molar-refractivity contribution in [1.82, 2.24) is 9.88 Å². The number of hydrogen-bond donors (Lipinski definition) is 1. The number of piperidine rings is 1. The molecular formula is C22H27N3O4. The Hall–Kier alpha value is -2.64. The van der Waals surface area contributed by atoms with Crippen molar-refractivity contribution in [2.24, 2.45) is 0 Å². The first-order valence-corrected chi connectivity index (χ1v) is 10.1. The minimum atomic E-state index is -0.475. The van der Waals surface area contributed by atoms with Gasteiger partial charge in [-0.25, -0.2) is 0 Å². The zero-order valence-corrected chi connectivity index (χ0v) is 16.7. The van der Waals surface area contributed by atoms with Gasteiger partial charge in [0.25, 0.3) is 5.91 Å². The Kier molecular flexibility index (Phi) is 5.97. The number of nitrogens with one attached hydrogen (secondary N) is 1. The van der Waals surface area contributed by atoms with E-state index in [-0.39, 0.29) is 5.91 Å². The van der Waals surface area contributed by atoms with Crippen molar-refractivity contribution in [3.05, 3.63) is 53.9 Å². The van der Waals surface area contributed by atoms with Crippen LogP contribution in [0, 0.1) is 0 Å². The zero-order chi connectivity index (χ0) is 20.1. The average molecular weight is 397 g/mol. The standard InChI is InChI=1S/C22H27N3O4/c1-27-20-5-3-2-4-17(20)6-9-24-19-14-18(15-23-16-19)21(26)25-10-7-22(8-11-25)28-12-13-29-22/h2-5,14-16,24H,6-13H2,1H3. The van der Waals surface area contributed by atoms with E-state index in [9.17, 15) is 4.79 Å². The molecule has 1 spiro atoms. The van der Waals surface area contributed by atoms with E-state index >= 15 is 0 Å². The number of rotatable bonds is 6. The topological polar surface area (TPSA) is 72.9 Å². The summed E-state index contributed by atoms with van der Waals surface area (Å²) in [6.07, 6.45) is 5.60. The van der Waals surface area contributed by atoms with Crippen LogP contribution in [0.1, 0.15) is 28.8 Å². The first-order valence-electron chi connectivity index (χ1n) is 10.1. The summed E-state index contributed by atoms with van der Waals surface area (Å²) in [6, 6.07) is 9.84. The number of methoxy groups -OCH3 is 1. The van der Waals surface area contributed by atoms with Crippen LogP contribution < -0.4 is 10.1 Å². The maximum Gasteiger partial charge on any atom is 0.255 e. The predicted molar refractivity (Wildman–Crippen MR) is 109 cm³/mol. The van der Waals surface area contributed by atoms with E-state index in [1.165, 1.54) is 0 Å². The smallest absolute Gasteiger partial charge is 0.255 e. The molecule has 1 aromatic carbocycles. The van der Waals surface area contributed by atoms with Gasteiger partial charge in [-0.2, -0.15) is 0 Å². The molecule has 154 valence electrons. The number of para-hydroxylation sites is 1. The minimum absolute atomic E-state index is 0.00118. The normalized spacial score (nSPS) is 18.0. The number of anilines is 1. The lowest BCUT2D eigenvalue weighted by molar-refractivity contribution is -0.181. The number of nitrogens with zero attached hydrogens (tertiary/aromatic N) is 2. The number of hydrogen-bond acceptors (Lipinski definition) is 6. The second-order valence-electron chi connectivity index (χ2n) is 7.35. The van der Waals surface area contributed by atoms with Gasteiger partial charge >= 0.3 is 0 Å². The third kappa shape index (κ3) is 4.52. The van der Waals surface area contributed by atoms with Gasteiger partial charge in [0.05, 0.1) is 31.6 Å². The average Bonchev–Trinajstić information content (AvgIpc) is 3.22. The molecule has 1 N–H and O–H groups in total. The number of ether oxygens (including phenoxy) is 3. The number of pyridine rings is 1. The molecule has 0 atom stereocenters. The van der Waals surface area contributed by atoms with E-state index in [1.807, 2.05) is 29.2 Å². The van der Waals surface area contributed by atoms with Crippen LogP contribution in [-0.2, 0) is 15.9 Å². The lowest BCUT2D eigenvalue weighted by atomic mass is 10.0. The molecule has 4 rings (SSSR count). The third-order valence-electron chi connectivity index (χ3n) is 5.53. The van der Waals surface area contributed by atoms with Gasteiger partial charge in [0, 0.05) is 44.9 Å². The highest BCUT2D eigenvalue weighted by Gasteiger charge is 2.40. The maximum atomic E-state index is 12.9. The Morgan fingerprint density at radius 3 is 2.72 bits per heavy atom. The first-order chi connectivity index (χ1) is 14.2. The second kappa shape index (κ2) is 8.80. The summed E-state index contributed by atoms with van der Waals surface area (Å²) in [5, 5.41) is 3.35. The van der Waals surface area contributed by atoms with Crippen LogP contribution in [0.5, 0.6) is 5.75 Å². The van der Waals surface area contributed by atoms with E-state index in [1.54, 1.807) is 19.5 Å². The Morgan fingerprint density at radius 2 is 1.97 bits per heavy atom. The fourth-order valence-corrected chi connectivity index (χ4v) is 3.92. The molecule has 0 saturated carbocycles. The van der Waals surface area contributed by atoms with Gasteiger partial charge in [0.15, 0.2) is 5.79 Å². The zero-order valence-electron chi connectivity index (χ0n) is 16.7. The molecule has 2 aromatic rings. The van der Waals surface area contributed by atoms with Crippen LogP contribution in [0.25, 0.3) is 0 Å². The fraction of sp³-hybridized carbons (Fsp3) is 0.455. The van der Waals surface area contributed by atoms with Crippen molar-refractivity contribution in [3.63, 3.8) is 0 Å². The molecule has 1 amide bonds. The number of aromatic nitrogens is 1. The summed E-state index contributed by atoms with van der Waals surface area (Å²) in [4.78, 5) is 19.0. The van der Waals surface area contributed by atoms with Crippen molar-refractivity contribution in [1.29, 1.82) is 0 Å². The molecule has 1 aromatic heterocycles. The fourth-order valence-electron chi connectivity index (χ4n) is 3.92. The lowest BCUT2D eigenvalue weighted by Gasteiger charge is -2.37. The Labute approximate surface area is 171 Å². The molecule has 0 aliphatic carbocycles. The van der Waals surface area contributed by atoms with E-state index in [4.69, 9.17) is 14.2 Å². The second-order valence-corrected chi connectivity index (χ2v) is 7.35. The van der Waals surface area contributed by atoms with Crippen LogP contribution in [0.2, 0.25) is 0 Å². The van der Waals surface area contributed by atoms with Crippen molar-refractivity contribution in [3.8, 4) is 5.75 Å². The van der Waals surface area contributed by atoms with Gasteiger partial charge in [-0.3, -0.25) is 9.78 Å². The van der Waals surface area contributed by atoms with E-state index in [2.05, 4.69) is 16.4 Å². The minimum Gasteiger partial charge on any atom is -0.496 e. The van der Waals surface area contributed by atoms with E-state index < -0.39 is 5.79 Å². The number of carbonyl (C=O) groups is 1. The summed E-state index contributed by atoms with van der Waals surface area (Å²) < 4.78 is 16.9. The number of carbonyl (C=O) groups excluding carboxylic acids is 1.